The highest BCUT2D eigenvalue weighted by Gasteiger charge is 2.29. The Balaban J connectivity index is 2.23. The Morgan fingerprint density at radius 2 is 1.83 bits per heavy atom. The molecule has 0 bridgehead atoms. The normalized spacial score (nSPS) is 19.9. The van der Waals surface area contributed by atoms with Gasteiger partial charge in [0.05, 0.1) is 5.92 Å². The molecule has 0 aliphatic heterocycles. The largest absolute Gasteiger partial charge is 0.438 e. The highest BCUT2D eigenvalue weighted by atomic mass is 16.9. The van der Waals surface area contributed by atoms with Gasteiger partial charge in [-0.1, -0.05) is 19.3 Å². The summed E-state index contributed by atoms with van der Waals surface area (Å²) in [5.74, 6) is -3.52. The highest BCUT2D eigenvalue weighted by Crippen LogP contribution is 2.24. The third kappa shape index (κ3) is 5.46. The van der Waals surface area contributed by atoms with Gasteiger partial charge in [-0.25, -0.2) is 0 Å². The van der Waals surface area contributed by atoms with Gasteiger partial charge in [0.1, 0.15) is 0 Å². The van der Waals surface area contributed by atoms with E-state index < -0.39 is 18.7 Å². The van der Waals surface area contributed by atoms with Gasteiger partial charge >= 0.3 is 17.9 Å². The van der Waals surface area contributed by atoms with E-state index in [1.165, 1.54) is 0 Å². The lowest BCUT2D eigenvalue weighted by Crippen LogP contribution is -2.34. The number of carbonyl (C=O) groups is 2. The second kappa shape index (κ2) is 6.70. The van der Waals surface area contributed by atoms with Crippen LogP contribution in [0.3, 0.4) is 0 Å². The lowest BCUT2D eigenvalue weighted by atomic mass is 9.89. The van der Waals surface area contributed by atoms with Gasteiger partial charge < -0.3 is 9.47 Å². The van der Waals surface area contributed by atoms with Crippen molar-refractivity contribution in [2.75, 3.05) is 6.79 Å². The van der Waals surface area contributed by atoms with Gasteiger partial charge in [0, 0.05) is 13.8 Å². The molecule has 6 nitrogen and oxygen atoms in total. The number of hydrogen-bond acceptors (Lipinski definition) is 5. The Labute approximate surface area is 106 Å². The molecule has 1 aliphatic carbocycles. The zero-order chi connectivity index (χ0) is 13.6. The average Bonchev–Trinajstić information content (AvgIpc) is 2.28. The molecule has 0 amide bonds. The lowest BCUT2D eigenvalue weighted by Gasteiger charge is -2.22. The first-order valence-corrected chi connectivity index (χ1v) is 6.11. The van der Waals surface area contributed by atoms with E-state index >= 15 is 0 Å². The van der Waals surface area contributed by atoms with Crippen LogP contribution in [0.5, 0.6) is 0 Å². The molecule has 0 spiro atoms. The SMILES string of the molecule is CC(=O)OC(C)([O])OCOC(=O)C1CCCCC1. The van der Waals surface area contributed by atoms with Crippen molar-refractivity contribution in [1.29, 1.82) is 0 Å². The van der Waals surface area contributed by atoms with Gasteiger partial charge in [0.15, 0.2) is 6.79 Å². The zero-order valence-corrected chi connectivity index (χ0v) is 10.8. The smallest absolute Gasteiger partial charge is 0.356 e. The first-order valence-electron chi connectivity index (χ1n) is 6.11. The number of esters is 2. The summed E-state index contributed by atoms with van der Waals surface area (Å²) in [5.41, 5.74) is 0. The molecular formula is C12H19O6. The van der Waals surface area contributed by atoms with Crippen LogP contribution < -0.4 is 0 Å². The van der Waals surface area contributed by atoms with Crippen molar-refractivity contribution in [2.45, 2.75) is 51.9 Å². The van der Waals surface area contributed by atoms with Crippen molar-refractivity contribution < 1.29 is 28.9 Å². The van der Waals surface area contributed by atoms with E-state index in [1.54, 1.807) is 0 Å². The summed E-state index contributed by atoms with van der Waals surface area (Å²) in [7, 11) is 0. The minimum absolute atomic E-state index is 0.103. The molecule has 0 N–H and O–H groups in total. The van der Waals surface area contributed by atoms with Gasteiger partial charge in [-0.2, -0.15) is 5.11 Å². The Hall–Kier alpha value is -1.14. The summed E-state index contributed by atoms with van der Waals surface area (Å²) in [6.07, 6.45) is 4.82. The first-order chi connectivity index (χ1) is 8.41. The topological polar surface area (TPSA) is 81.7 Å². The second-order valence-electron chi connectivity index (χ2n) is 4.52. The summed E-state index contributed by atoms with van der Waals surface area (Å²) in [4.78, 5) is 22.2. The van der Waals surface area contributed by atoms with Crippen LogP contribution in [-0.2, 0) is 28.9 Å². The summed E-state index contributed by atoms with van der Waals surface area (Å²) in [6.45, 7) is 1.65. The highest BCUT2D eigenvalue weighted by molar-refractivity contribution is 5.72. The fourth-order valence-electron chi connectivity index (χ4n) is 1.94. The predicted octanol–water partition coefficient (Wildman–Crippen LogP) is 1.75. The second-order valence-corrected chi connectivity index (χ2v) is 4.52. The molecule has 103 valence electrons. The molecule has 1 atom stereocenters. The molecular weight excluding hydrogens is 240 g/mol. The predicted molar refractivity (Wildman–Crippen MR) is 59.5 cm³/mol. The van der Waals surface area contributed by atoms with E-state index in [0.717, 1.165) is 46.0 Å². The number of hydrogen-bond donors (Lipinski definition) is 0. The molecule has 0 saturated heterocycles. The summed E-state index contributed by atoms with van der Waals surface area (Å²) in [6, 6.07) is 0. The summed E-state index contributed by atoms with van der Waals surface area (Å²) >= 11 is 0. The van der Waals surface area contributed by atoms with Crippen LogP contribution in [0.15, 0.2) is 0 Å². The Morgan fingerprint density at radius 3 is 2.39 bits per heavy atom. The molecule has 0 aromatic carbocycles. The molecule has 0 heterocycles. The molecule has 1 saturated carbocycles. The third-order valence-corrected chi connectivity index (χ3v) is 2.79. The Bertz CT molecular complexity index is 293. The zero-order valence-electron chi connectivity index (χ0n) is 10.8. The monoisotopic (exact) mass is 259 g/mol. The number of ether oxygens (including phenoxy) is 3. The summed E-state index contributed by atoms with van der Waals surface area (Å²) in [5, 5.41) is 11.4. The molecule has 1 aliphatic rings. The average molecular weight is 259 g/mol. The minimum Gasteiger partial charge on any atom is -0.438 e. The number of rotatable bonds is 5. The summed E-state index contributed by atoms with van der Waals surface area (Å²) < 4.78 is 13.9. The molecule has 18 heavy (non-hydrogen) atoms. The van der Waals surface area contributed by atoms with E-state index in [4.69, 9.17) is 4.74 Å². The van der Waals surface area contributed by atoms with Crippen molar-refractivity contribution >= 4 is 11.9 Å². The van der Waals surface area contributed by atoms with E-state index in [2.05, 4.69) is 9.47 Å². The van der Waals surface area contributed by atoms with Crippen molar-refractivity contribution in [2.24, 2.45) is 5.92 Å². The molecule has 0 aromatic rings. The van der Waals surface area contributed by atoms with Gasteiger partial charge in [0.2, 0.25) is 0 Å². The van der Waals surface area contributed by atoms with Gasteiger partial charge in [-0.15, -0.1) is 0 Å². The fourth-order valence-corrected chi connectivity index (χ4v) is 1.94. The maximum Gasteiger partial charge on any atom is 0.356 e. The standard InChI is InChI=1S/C12H19O6/c1-9(13)18-12(2,15)17-8-16-11(14)10-6-4-3-5-7-10/h10H,3-8H2,1-2H3. The fraction of sp³-hybridized carbons (Fsp3) is 0.833. The van der Waals surface area contributed by atoms with Crippen molar-refractivity contribution in [3.8, 4) is 0 Å². The van der Waals surface area contributed by atoms with Gasteiger partial charge in [-0.05, 0) is 12.8 Å². The minimum atomic E-state index is -2.32. The van der Waals surface area contributed by atoms with Crippen LogP contribution in [0.1, 0.15) is 46.0 Å². The van der Waals surface area contributed by atoms with Crippen LogP contribution in [0.25, 0.3) is 0 Å². The van der Waals surface area contributed by atoms with Crippen LogP contribution in [0.4, 0.5) is 0 Å². The van der Waals surface area contributed by atoms with E-state index in [1.807, 2.05) is 0 Å². The van der Waals surface area contributed by atoms with Gasteiger partial charge in [0.25, 0.3) is 0 Å². The third-order valence-electron chi connectivity index (χ3n) is 2.79. The van der Waals surface area contributed by atoms with Crippen LogP contribution in [0, 0.1) is 5.92 Å². The Morgan fingerprint density at radius 1 is 1.22 bits per heavy atom. The van der Waals surface area contributed by atoms with Crippen molar-refractivity contribution in [3.63, 3.8) is 0 Å². The maximum atomic E-state index is 11.6. The maximum absolute atomic E-state index is 11.6. The number of carbonyl (C=O) groups excluding carboxylic acids is 2. The van der Waals surface area contributed by atoms with Crippen molar-refractivity contribution in [1.82, 2.24) is 0 Å². The molecule has 1 unspecified atom stereocenters. The van der Waals surface area contributed by atoms with Crippen LogP contribution in [0.2, 0.25) is 0 Å². The lowest BCUT2D eigenvalue weighted by molar-refractivity contribution is -0.373. The van der Waals surface area contributed by atoms with E-state index in [0.29, 0.717) is 0 Å². The van der Waals surface area contributed by atoms with E-state index in [-0.39, 0.29) is 11.9 Å². The van der Waals surface area contributed by atoms with E-state index in [9.17, 15) is 14.7 Å². The van der Waals surface area contributed by atoms with Gasteiger partial charge in [-0.3, -0.25) is 14.3 Å². The molecule has 1 radical (unpaired) electrons. The van der Waals surface area contributed by atoms with Crippen molar-refractivity contribution in [3.05, 3.63) is 0 Å². The van der Waals surface area contributed by atoms with Crippen LogP contribution >= 0.6 is 0 Å². The quantitative estimate of drug-likeness (QED) is 0.555. The van der Waals surface area contributed by atoms with Crippen LogP contribution in [-0.4, -0.2) is 24.7 Å². The molecule has 6 heteroatoms. The Kier molecular flexibility index (Phi) is 5.55. The molecule has 0 aromatic heterocycles. The molecule has 1 fully saturated rings. The first kappa shape index (κ1) is 14.9. The molecule has 1 rings (SSSR count).